The van der Waals surface area contributed by atoms with Crippen LogP contribution in [-0.4, -0.2) is 34.3 Å². The van der Waals surface area contributed by atoms with E-state index < -0.39 is 23.2 Å². The van der Waals surface area contributed by atoms with E-state index in [0.29, 0.717) is 18.4 Å². The molecular formula is C24H30F3NO3. The SMILES string of the molecule is CC(C)N(C(=O)c1cc2c(cc1C(F)(F)F)OC1(CCCC1)C(=O)C2)C1CCCCC1. The number of rotatable bonds is 3. The summed E-state index contributed by atoms with van der Waals surface area (Å²) >= 11 is 0. The van der Waals surface area contributed by atoms with Gasteiger partial charge in [0.2, 0.25) is 0 Å². The third kappa shape index (κ3) is 4.08. The van der Waals surface area contributed by atoms with Crippen molar-refractivity contribution in [2.75, 3.05) is 0 Å². The van der Waals surface area contributed by atoms with Crippen LogP contribution in [0.4, 0.5) is 13.2 Å². The van der Waals surface area contributed by atoms with Crippen LogP contribution in [0, 0.1) is 0 Å². The average molecular weight is 438 g/mol. The number of ketones is 1. The molecule has 1 amide bonds. The Hall–Kier alpha value is -2.05. The Morgan fingerprint density at radius 2 is 1.74 bits per heavy atom. The zero-order valence-corrected chi connectivity index (χ0v) is 18.2. The Kier molecular flexibility index (Phi) is 5.81. The van der Waals surface area contributed by atoms with E-state index in [9.17, 15) is 22.8 Å². The van der Waals surface area contributed by atoms with E-state index in [2.05, 4.69) is 0 Å². The topological polar surface area (TPSA) is 46.6 Å². The Labute approximate surface area is 181 Å². The molecule has 1 aliphatic heterocycles. The molecule has 170 valence electrons. The summed E-state index contributed by atoms with van der Waals surface area (Å²) in [5.41, 5.74) is -1.95. The first-order valence-corrected chi connectivity index (χ1v) is 11.4. The van der Waals surface area contributed by atoms with E-state index in [-0.39, 0.29) is 35.6 Å². The molecule has 4 nitrogen and oxygen atoms in total. The van der Waals surface area contributed by atoms with Crippen molar-refractivity contribution in [2.45, 2.75) is 102 Å². The number of benzene rings is 1. The first-order valence-electron chi connectivity index (χ1n) is 11.4. The van der Waals surface area contributed by atoms with Crippen LogP contribution in [0.2, 0.25) is 0 Å². The summed E-state index contributed by atoms with van der Waals surface area (Å²) in [6, 6.07) is 1.94. The number of ether oxygens (including phenoxy) is 1. The lowest BCUT2D eigenvalue weighted by Gasteiger charge is -2.38. The minimum atomic E-state index is -4.69. The summed E-state index contributed by atoms with van der Waals surface area (Å²) in [6.45, 7) is 3.68. The molecule has 7 heteroatoms. The molecule has 4 rings (SSSR count). The van der Waals surface area contributed by atoms with E-state index in [1.165, 1.54) is 6.07 Å². The third-order valence-electron chi connectivity index (χ3n) is 7.07. The van der Waals surface area contributed by atoms with E-state index in [4.69, 9.17) is 4.74 Å². The minimum Gasteiger partial charge on any atom is -0.479 e. The van der Waals surface area contributed by atoms with Gasteiger partial charge in [0.05, 0.1) is 11.1 Å². The second-order valence-electron chi connectivity index (χ2n) is 9.50. The fourth-order valence-electron chi connectivity index (χ4n) is 5.52. The second-order valence-corrected chi connectivity index (χ2v) is 9.50. The fourth-order valence-corrected chi connectivity index (χ4v) is 5.52. The molecule has 2 aliphatic carbocycles. The zero-order chi connectivity index (χ0) is 22.4. The summed E-state index contributed by atoms with van der Waals surface area (Å²) < 4.78 is 48.0. The number of nitrogens with zero attached hydrogens (tertiary/aromatic N) is 1. The number of fused-ring (bicyclic) bond motifs is 1. The summed E-state index contributed by atoms with van der Waals surface area (Å²) in [5, 5.41) is 0. The van der Waals surface area contributed by atoms with E-state index in [0.717, 1.165) is 51.0 Å². The summed E-state index contributed by atoms with van der Waals surface area (Å²) in [4.78, 5) is 27.9. The molecule has 3 aliphatic rings. The summed E-state index contributed by atoms with van der Waals surface area (Å²) in [5.74, 6) is -0.603. The number of carbonyl (C=O) groups is 2. The molecule has 0 radical (unpaired) electrons. The van der Waals surface area contributed by atoms with Gasteiger partial charge in [-0.05, 0) is 64.5 Å². The number of amides is 1. The highest BCUT2D eigenvalue weighted by atomic mass is 19.4. The van der Waals surface area contributed by atoms with E-state index >= 15 is 0 Å². The molecule has 2 saturated carbocycles. The number of carbonyl (C=O) groups excluding carboxylic acids is 2. The first kappa shape index (κ1) is 22.2. The molecule has 2 fully saturated rings. The van der Waals surface area contributed by atoms with Crippen LogP contribution in [0.1, 0.15) is 93.1 Å². The number of hydrogen-bond acceptors (Lipinski definition) is 3. The van der Waals surface area contributed by atoms with Gasteiger partial charge in [-0.25, -0.2) is 0 Å². The third-order valence-corrected chi connectivity index (χ3v) is 7.07. The van der Waals surface area contributed by atoms with Crippen LogP contribution < -0.4 is 4.74 Å². The maximum Gasteiger partial charge on any atom is 0.417 e. The molecule has 0 bridgehead atoms. The smallest absolute Gasteiger partial charge is 0.417 e. The first-order chi connectivity index (χ1) is 14.6. The highest BCUT2D eigenvalue weighted by Crippen LogP contribution is 2.44. The Bertz CT molecular complexity index is 866. The minimum absolute atomic E-state index is 0.0128. The average Bonchev–Trinajstić information content (AvgIpc) is 3.17. The van der Waals surface area contributed by atoms with Crippen molar-refractivity contribution < 1.29 is 27.5 Å². The monoisotopic (exact) mass is 437 g/mol. The van der Waals surface area contributed by atoms with Crippen molar-refractivity contribution in [3.8, 4) is 5.75 Å². The number of Topliss-reactive ketones (excluding diaryl/α,β-unsaturated/α-hetero) is 1. The second kappa shape index (κ2) is 8.14. The predicted molar refractivity (Wildman–Crippen MR) is 110 cm³/mol. The number of alkyl halides is 3. The predicted octanol–water partition coefficient (Wildman–Crippen LogP) is 5.71. The molecule has 0 aromatic heterocycles. The van der Waals surface area contributed by atoms with Gasteiger partial charge in [-0.1, -0.05) is 19.3 Å². The Morgan fingerprint density at radius 1 is 1.10 bits per heavy atom. The van der Waals surface area contributed by atoms with Gasteiger partial charge in [-0.2, -0.15) is 13.2 Å². The van der Waals surface area contributed by atoms with Crippen molar-refractivity contribution in [3.05, 3.63) is 28.8 Å². The maximum absolute atomic E-state index is 14.0. The van der Waals surface area contributed by atoms with Crippen molar-refractivity contribution in [2.24, 2.45) is 0 Å². The van der Waals surface area contributed by atoms with Gasteiger partial charge in [0.1, 0.15) is 5.75 Å². The van der Waals surface area contributed by atoms with E-state index in [1.54, 1.807) is 4.90 Å². The van der Waals surface area contributed by atoms with Crippen LogP contribution in [0.3, 0.4) is 0 Å². The van der Waals surface area contributed by atoms with Gasteiger partial charge in [-0.3, -0.25) is 9.59 Å². The molecule has 1 heterocycles. The molecule has 1 aromatic carbocycles. The molecule has 1 aromatic rings. The van der Waals surface area contributed by atoms with Crippen molar-refractivity contribution in [3.63, 3.8) is 0 Å². The summed E-state index contributed by atoms with van der Waals surface area (Å²) in [7, 11) is 0. The Balaban J connectivity index is 1.76. The van der Waals surface area contributed by atoms with Crippen molar-refractivity contribution >= 4 is 11.7 Å². The molecule has 0 atom stereocenters. The van der Waals surface area contributed by atoms with Gasteiger partial charge < -0.3 is 9.64 Å². The van der Waals surface area contributed by atoms with Gasteiger partial charge in [0, 0.05) is 24.1 Å². The zero-order valence-electron chi connectivity index (χ0n) is 18.2. The van der Waals surface area contributed by atoms with Crippen molar-refractivity contribution in [1.29, 1.82) is 0 Å². The standard InChI is InChI=1S/C24H30F3NO3/c1-15(2)28(17-8-4-3-5-9-17)22(30)18-12-16-13-21(29)23(10-6-7-11-23)31-20(16)14-19(18)24(25,26)27/h12,14-15,17H,3-11,13H2,1-2H3. The van der Waals surface area contributed by atoms with Gasteiger partial charge in [-0.15, -0.1) is 0 Å². The lowest BCUT2D eigenvalue weighted by Crippen LogP contribution is -2.47. The molecule has 1 spiro atoms. The van der Waals surface area contributed by atoms with Crippen molar-refractivity contribution in [1.82, 2.24) is 4.90 Å². The molecular weight excluding hydrogens is 407 g/mol. The van der Waals surface area contributed by atoms with Gasteiger partial charge >= 0.3 is 6.18 Å². The fraction of sp³-hybridized carbons (Fsp3) is 0.667. The largest absolute Gasteiger partial charge is 0.479 e. The quantitative estimate of drug-likeness (QED) is 0.609. The lowest BCUT2D eigenvalue weighted by atomic mass is 9.86. The summed E-state index contributed by atoms with van der Waals surface area (Å²) in [6.07, 6.45) is 2.70. The number of hydrogen-bond donors (Lipinski definition) is 0. The lowest BCUT2D eigenvalue weighted by molar-refractivity contribution is -0.138. The molecule has 0 saturated heterocycles. The van der Waals surface area contributed by atoms with Gasteiger partial charge in [0.25, 0.3) is 5.91 Å². The van der Waals surface area contributed by atoms with E-state index in [1.807, 2.05) is 13.8 Å². The molecule has 0 N–H and O–H groups in total. The highest BCUT2D eigenvalue weighted by molar-refractivity contribution is 5.98. The molecule has 0 unspecified atom stereocenters. The highest BCUT2D eigenvalue weighted by Gasteiger charge is 2.48. The normalized spacial score (nSPS) is 21.3. The van der Waals surface area contributed by atoms with Crippen LogP contribution in [0.15, 0.2) is 12.1 Å². The maximum atomic E-state index is 14.0. The van der Waals surface area contributed by atoms with Gasteiger partial charge in [0.15, 0.2) is 11.4 Å². The Morgan fingerprint density at radius 3 is 2.32 bits per heavy atom. The van der Waals surface area contributed by atoms with Crippen LogP contribution >= 0.6 is 0 Å². The van der Waals surface area contributed by atoms with Crippen LogP contribution in [0.5, 0.6) is 5.75 Å². The van der Waals surface area contributed by atoms with Crippen LogP contribution in [-0.2, 0) is 17.4 Å². The molecule has 31 heavy (non-hydrogen) atoms. The number of halogens is 3. The van der Waals surface area contributed by atoms with Crippen LogP contribution in [0.25, 0.3) is 0 Å².